The fraction of sp³-hybridized carbons (Fsp3) is 0.308. The van der Waals surface area contributed by atoms with Gasteiger partial charge >= 0.3 is 0 Å². The highest BCUT2D eigenvalue weighted by molar-refractivity contribution is 5.85. The number of nitrogens with two attached hydrogens (primary N) is 1. The van der Waals surface area contributed by atoms with E-state index in [0.717, 1.165) is 30.5 Å². The Bertz CT molecular complexity index is 746. The van der Waals surface area contributed by atoms with E-state index in [1.807, 2.05) is 28.9 Å². The standard InChI is InChI=1S/C13H13N5O.ClH/c14-13(4-1-5-13)12-16-11(19-17-12)9-2-3-10-15-6-7-18(10)8-9;/h2-3,6-8H,1,4-5,14H2;1H. The second kappa shape index (κ2) is 4.57. The first-order valence-electron chi connectivity index (χ1n) is 6.31. The molecule has 3 aromatic rings. The van der Waals surface area contributed by atoms with Gasteiger partial charge in [0, 0.05) is 18.6 Å². The lowest BCUT2D eigenvalue weighted by Crippen LogP contribution is -2.44. The number of aromatic nitrogens is 4. The Balaban J connectivity index is 0.00000121. The van der Waals surface area contributed by atoms with Crippen LogP contribution in [0.15, 0.2) is 35.2 Å². The zero-order valence-corrected chi connectivity index (χ0v) is 11.5. The summed E-state index contributed by atoms with van der Waals surface area (Å²) in [6, 6.07) is 3.84. The summed E-state index contributed by atoms with van der Waals surface area (Å²) in [5.41, 5.74) is 7.56. The Morgan fingerprint density at radius 1 is 1.30 bits per heavy atom. The highest BCUT2D eigenvalue weighted by Gasteiger charge is 2.39. The maximum absolute atomic E-state index is 6.19. The van der Waals surface area contributed by atoms with E-state index in [1.165, 1.54) is 0 Å². The third-order valence-electron chi connectivity index (χ3n) is 3.75. The van der Waals surface area contributed by atoms with Crippen LogP contribution in [0.4, 0.5) is 0 Å². The minimum absolute atomic E-state index is 0. The lowest BCUT2D eigenvalue weighted by Gasteiger charge is -2.34. The van der Waals surface area contributed by atoms with Crippen molar-refractivity contribution in [2.24, 2.45) is 5.73 Å². The summed E-state index contributed by atoms with van der Waals surface area (Å²) in [5.74, 6) is 1.11. The first kappa shape index (κ1) is 13.1. The van der Waals surface area contributed by atoms with Crippen LogP contribution in [0.1, 0.15) is 25.1 Å². The average Bonchev–Trinajstić information content (AvgIpc) is 3.03. The number of hydrogen-bond acceptors (Lipinski definition) is 5. The van der Waals surface area contributed by atoms with E-state index in [0.29, 0.717) is 11.7 Å². The summed E-state index contributed by atoms with van der Waals surface area (Å²) in [7, 11) is 0. The highest BCUT2D eigenvalue weighted by atomic mass is 35.5. The lowest BCUT2D eigenvalue weighted by atomic mass is 9.77. The summed E-state index contributed by atoms with van der Waals surface area (Å²) < 4.78 is 7.24. The molecule has 0 atom stereocenters. The Kier molecular flexibility index (Phi) is 2.99. The SMILES string of the molecule is Cl.NC1(c2noc(-c3ccc4nccn4c3)n2)CCC1. The molecule has 0 unspecified atom stereocenters. The van der Waals surface area contributed by atoms with Crippen LogP contribution in [0, 0.1) is 0 Å². The molecule has 20 heavy (non-hydrogen) atoms. The maximum Gasteiger partial charge on any atom is 0.259 e. The number of fused-ring (bicyclic) bond motifs is 1. The molecule has 0 aromatic carbocycles. The number of pyridine rings is 1. The van der Waals surface area contributed by atoms with Gasteiger partial charge in [-0.1, -0.05) is 5.16 Å². The van der Waals surface area contributed by atoms with Crippen LogP contribution in [0.2, 0.25) is 0 Å². The largest absolute Gasteiger partial charge is 0.334 e. The monoisotopic (exact) mass is 291 g/mol. The van der Waals surface area contributed by atoms with Crippen LogP contribution in [-0.4, -0.2) is 19.5 Å². The van der Waals surface area contributed by atoms with Crippen molar-refractivity contribution in [1.82, 2.24) is 19.5 Å². The van der Waals surface area contributed by atoms with E-state index < -0.39 is 0 Å². The predicted molar refractivity (Wildman–Crippen MR) is 75.4 cm³/mol. The number of nitrogens with zero attached hydrogens (tertiary/aromatic N) is 4. The Morgan fingerprint density at radius 2 is 2.15 bits per heavy atom. The van der Waals surface area contributed by atoms with Gasteiger partial charge in [0.15, 0.2) is 5.82 Å². The van der Waals surface area contributed by atoms with E-state index in [-0.39, 0.29) is 17.9 Å². The van der Waals surface area contributed by atoms with Gasteiger partial charge in [0.1, 0.15) is 5.65 Å². The first-order chi connectivity index (χ1) is 9.24. The summed E-state index contributed by atoms with van der Waals surface area (Å²) in [6.07, 6.45) is 8.53. The zero-order chi connectivity index (χ0) is 12.9. The smallest absolute Gasteiger partial charge is 0.259 e. The van der Waals surface area contributed by atoms with E-state index in [9.17, 15) is 0 Å². The molecule has 1 aliphatic rings. The van der Waals surface area contributed by atoms with Crippen molar-refractivity contribution in [3.63, 3.8) is 0 Å². The number of hydrogen-bond donors (Lipinski definition) is 1. The quantitative estimate of drug-likeness (QED) is 0.782. The molecule has 2 N–H and O–H groups in total. The molecule has 6 nitrogen and oxygen atoms in total. The fourth-order valence-corrected chi connectivity index (χ4v) is 2.37. The van der Waals surface area contributed by atoms with Crippen molar-refractivity contribution in [3.8, 4) is 11.5 Å². The van der Waals surface area contributed by atoms with Gasteiger partial charge in [0.25, 0.3) is 5.89 Å². The molecule has 3 aromatic heterocycles. The molecule has 104 valence electrons. The van der Waals surface area contributed by atoms with E-state index in [2.05, 4.69) is 15.1 Å². The third-order valence-corrected chi connectivity index (χ3v) is 3.75. The minimum Gasteiger partial charge on any atom is -0.334 e. The van der Waals surface area contributed by atoms with Crippen LogP contribution in [0.5, 0.6) is 0 Å². The Morgan fingerprint density at radius 3 is 2.90 bits per heavy atom. The second-order valence-corrected chi connectivity index (χ2v) is 5.04. The summed E-state index contributed by atoms with van der Waals surface area (Å²) >= 11 is 0. The third kappa shape index (κ3) is 1.88. The van der Waals surface area contributed by atoms with E-state index in [1.54, 1.807) is 6.20 Å². The van der Waals surface area contributed by atoms with Gasteiger partial charge in [0.05, 0.1) is 11.1 Å². The number of rotatable bonds is 2. The van der Waals surface area contributed by atoms with Crippen molar-refractivity contribution < 1.29 is 4.52 Å². The van der Waals surface area contributed by atoms with Crippen LogP contribution in [0.25, 0.3) is 17.1 Å². The number of halogens is 1. The van der Waals surface area contributed by atoms with E-state index >= 15 is 0 Å². The van der Waals surface area contributed by atoms with Crippen LogP contribution in [0.3, 0.4) is 0 Å². The molecule has 0 radical (unpaired) electrons. The molecule has 0 saturated heterocycles. The molecule has 0 aliphatic heterocycles. The van der Waals surface area contributed by atoms with Gasteiger partial charge in [-0.25, -0.2) is 4.98 Å². The van der Waals surface area contributed by atoms with Crippen LogP contribution >= 0.6 is 12.4 Å². The Hall–Kier alpha value is -1.92. The van der Waals surface area contributed by atoms with Crippen molar-refractivity contribution >= 4 is 18.1 Å². The average molecular weight is 292 g/mol. The second-order valence-electron chi connectivity index (χ2n) is 5.04. The Labute approximate surface area is 121 Å². The summed E-state index contributed by atoms with van der Waals surface area (Å²) in [6.45, 7) is 0. The lowest BCUT2D eigenvalue weighted by molar-refractivity contribution is 0.229. The van der Waals surface area contributed by atoms with Gasteiger partial charge in [-0.2, -0.15) is 4.98 Å². The molecule has 0 bridgehead atoms. The molecular weight excluding hydrogens is 278 g/mol. The summed E-state index contributed by atoms with van der Waals surface area (Å²) in [5, 5.41) is 4.02. The molecule has 1 saturated carbocycles. The van der Waals surface area contributed by atoms with Gasteiger partial charge in [0.2, 0.25) is 0 Å². The zero-order valence-electron chi connectivity index (χ0n) is 10.7. The highest BCUT2D eigenvalue weighted by Crippen LogP contribution is 2.37. The van der Waals surface area contributed by atoms with Gasteiger partial charge < -0.3 is 14.7 Å². The van der Waals surface area contributed by atoms with Gasteiger partial charge in [-0.05, 0) is 31.4 Å². The minimum atomic E-state index is -0.388. The topological polar surface area (TPSA) is 82.2 Å². The molecule has 3 heterocycles. The number of imidazole rings is 1. The predicted octanol–water partition coefficient (Wildman–Crippen LogP) is 2.14. The molecule has 4 rings (SSSR count). The van der Waals surface area contributed by atoms with Gasteiger partial charge in [-0.3, -0.25) is 0 Å². The molecule has 0 spiro atoms. The van der Waals surface area contributed by atoms with Crippen LogP contribution < -0.4 is 5.73 Å². The fourth-order valence-electron chi connectivity index (χ4n) is 2.37. The first-order valence-corrected chi connectivity index (χ1v) is 6.31. The maximum atomic E-state index is 6.19. The molecule has 1 fully saturated rings. The normalized spacial score (nSPS) is 16.6. The molecule has 1 aliphatic carbocycles. The molecular formula is C13H14ClN5O. The molecule has 0 amide bonds. The van der Waals surface area contributed by atoms with Crippen molar-refractivity contribution in [2.45, 2.75) is 24.8 Å². The van der Waals surface area contributed by atoms with E-state index in [4.69, 9.17) is 10.3 Å². The van der Waals surface area contributed by atoms with Crippen LogP contribution in [-0.2, 0) is 5.54 Å². The van der Waals surface area contributed by atoms with Crippen molar-refractivity contribution in [3.05, 3.63) is 36.5 Å². The summed E-state index contributed by atoms with van der Waals surface area (Å²) in [4.78, 5) is 8.63. The van der Waals surface area contributed by atoms with Crippen molar-refractivity contribution in [1.29, 1.82) is 0 Å². The molecule has 7 heteroatoms. The van der Waals surface area contributed by atoms with Gasteiger partial charge in [-0.15, -0.1) is 12.4 Å². The van der Waals surface area contributed by atoms with Crippen molar-refractivity contribution in [2.75, 3.05) is 0 Å².